The van der Waals surface area contributed by atoms with Gasteiger partial charge in [-0.15, -0.1) is 0 Å². The number of carbonyl (C=O) groups excluding carboxylic acids is 6. The van der Waals surface area contributed by atoms with E-state index >= 15 is 0 Å². The predicted octanol–water partition coefficient (Wildman–Crippen LogP) is 5.97. The highest BCUT2D eigenvalue weighted by molar-refractivity contribution is 6.05. The summed E-state index contributed by atoms with van der Waals surface area (Å²) in [5.74, 6) is -0.353. The van der Waals surface area contributed by atoms with Crippen LogP contribution in [0.1, 0.15) is 117 Å². The zero-order chi connectivity index (χ0) is 48.9. The minimum absolute atomic E-state index is 0.198. The van der Waals surface area contributed by atoms with E-state index in [1.54, 1.807) is 101 Å². The van der Waals surface area contributed by atoms with Crippen molar-refractivity contribution < 1.29 is 47.7 Å². The predicted molar refractivity (Wildman–Crippen MR) is 249 cm³/mol. The maximum Gasteiger partial charge on any atom is 0.407 e. The van der Waals surface area contributed by atoms with Crippen LogP contribution in [0.5, 0.6) is 0 Å². The number of nitrogens with one attached hydrogen (secondary N) is 5. The number of nitrogens with two attached hydrogens (primary N) is 1. The van der Waals surface area contributed by atoms with Gasteiger partial charge in [-0.2, -0.15) is 0 Å². The van der Waals surface area contributed by atoms with Gasteiger partial charge in [0.05, 0.1) is 35.2 Å². The van der Waals surface area contributed by atoms with Gasteiger partial charge in [0, 0.05) is 43.0 Å². The zero-order valence-electron chi connectivity index (χ0n) is 40.0. The van der Waals surface area contributed by atoms with Crippen LogP contribution in [0.25, 0.3) is 11.0 Å². The Kier molecular flexibility index (Phi) is 15.2. The normalized spacial score (nSPS) is 19.2. The Morgan fingerprint density at radius 3 is 1.18 bits per heavy atom. The maximum atomic E-state index is 13.4. The van der Waals surface area contributed by atoms with Gasteiger partial charge >= 0.3 is 24.4 Å². The molecule has 1 aromatic heterocycles. The Hall–Kier alpha value is -6.60. The Bertz CT molecular complexity index is 2200. The molecule has 4 atom stereocenters. The number of ether oxygens (including phenoxy) is 4. The van der Waals surface area contributed by atoms with Crippen LogP contribution in [0.2, 0.25) is 0 Å². The lowest BCUT2D eigenvalue weighted by molar-refractivity contribution is 0.0451. The molecule has 0 aliphatic carbocycles. The molecule has 66 heavy (non-hydrogen) atoms. The highest BCUT2D eigenvalue weighted by Crippen LogP contribution is 2.34. The number of nitrogens with zero attached hydrogens (tertiary/aromatic N) is 4. The first-order valence-corrected chi connectivity index (χ1v) is 22.0. The Labute approximate surface area is 385 Å². The SMILES string of the molecule is CC(C)(C)OC(=O)N[C@@H]1C[C@H](NC(=O)OC(C)(C)C)CN(c2nc3ccc(NC(=O)c4ccc(C(N)=O)cc4)cc3nc2N2C[C@H](NC(=O)OC(C)(C)C)C[C@H](NC(=O)OC(C)(C)C)C2)C1. The average molecular weight is 919 g/mol. The third kappa shape index (κ3) is 15.5. The van der Waals surface area contributed by atoms with Crippen LogP contribution in [-0.4, -0.2) is 119 Å². The van der Waals surface area contributed by atoms with E-state index in [9.17, 15) is 28.8 Å². The Morgan fingerprint density at radius 2 is 0.848 bits per heavy atom. The fourth-order valence-electron chi connectivity index (χ4n) is 7.39. The molecule has 0 saturated carbocycles. The fourth-order valence-corrected chi connectivity index (χ4v) is 7.39. The minimum atomic E-state index is -0.786. The second kappa shape index (κ2) is 19.9. The summed E-state index contributed by atoms with van der Waals surface area (Å²) in [4.78, 5) is 91.9. The molecule has 7 N–H and O–H groups in total. The van der Waals surface area contributed by atoms with Gasteiger partial charge in [-0.05, 0) is 138 Å². The molecule has 2 aromatic carbocycles. The van der Waals surface area contributed by atoms with E-state index in [4.69, 9.17) is 34.6 Å². The smallest absolute Gasteiger partial charge is 0.407 e. The summed E-state index contributed by atoms with van der Waals surface area (Å²) in [6.07, 6.45) is -1.94. The maximum absolute atomic E-state index is 13.4. The minimum Gasteiger partial charge on any atom is -0.444 e. The highest BCUT2D eigenvalue weighted by atomic mass is 16.6. The first kappa shape index (κ1) is 50.4. The summed E-state index contributed by atoms with van der Waals surface area (Å²) in [5, 5.41) is 14.7. The van der Waals surface area contributed by atoms with Crippen molar-refractivity contribution in [3.05, 3.63) is 53.6 Å². The average Bonchev–Trinajstić information content (AvgIpc) is 3.14. The number of hydrogen-bond donors (Lipinski definition) is 6. The molecule has 3 aromatic rings. The molecule has 2 fully saturated rings. The zero-order valence-corrected chi connectivity index (χ0v) is 40.0. The van der Waals surface area contributed by atoms with E-state index in [2.05, 4.69) is 26.6 Å². The number of aromatic nitrogens is 2. The van der Waals surface area contributed by atoms with Gasteiger partial charge in [-0.1, -0.05) is 0 Å². The van der Waals surface area contributed by atoms with Crippen molar-refractivity contribution in [2.75, 3.05) is 41.3 Å². The van der Waals surface area contributed by atoms with Gasteiger partial charge in [0.25, 0.3) is 5.91 Å². The van der Waals surface area contributed by atoms with E-state index in [0.717, 1.165) is 0 Å². The topological polar surface area (TPSA) is 258 Å². The number of primary amides is 1. The van der Waals surface area contributed by atoms with Crippen LogP contribution >= 0.6 is 0 Å². The van der Waals surface area contributed by atoms with E-state index in [0.29, 0.717) is 41.2 Å². The van der Waals surface area contributed by atoms with Crippen LogP contribution in [0.15, 0.2) is 42.5 Å². The number of benzene rings is 2. The molecule has 2 aliphatic heterocycles. The monoisotopic (exact) mass is 918 g/mol. The van der Waals surface area contributed by atoms with Crippen molar-refractivity contribution in [2.45, 2.75) is 142 Å². The number of hydrogen-bond acceptors (Lipinski definition) is 14. The van der Waals surface area contributed by atoms with Gasteiger partial charge < -0.3 is 61.1 Å². The lowest BCUT2D eigenvalue weighted by atomic mass is 9.99. The molecule has 2 aliphatic rings. The van der Waals surface area contributed by atoms with Crippen molar-refractivity contribution >= 4 is 64.5 Å². The van der Waals surface area contributed by atoms with Crippen LogP contribution < -0.4 is 42.1 Å². The molecule has 360 valence electrons. The quantitative estimate of drug-likeness (QED) is 0.135. The van der Waals surface area contributed by atoms with Gasteiger partial charge in [0.2, 0.25) is 5.91 Å². The molecule has 0 bridgehead atoms. The highest BCUT2D eigenvalue weighted by Gasteiger charge is 2.38. The van der Waals surface area contributed by atoms with Crippen molar-refractivity contribution in [2.24, 2.45) is 5.73 Å². The Morgan fingerprint density at radius 1 is 0.515 bits per heavy atom. The van der Waals surface area contributed by atoms with E-state index in [1.807, 2.05) is 9.80 Å². The number of carbonyl (C=O) groups is 6. The second-order valence-electron chi connectivity index (χ2n) is 20.6. The summed E-state index contributed by atoms with van der Waals surface area (Å²) in [5.41, 5.74) is 4.03. The van der Waals surface area contributed by atoms with Crippen molar-refractivity contribution in [3.8, 4) is 0 Å². The molecule has 20 heteroatoms. The number of anilines is 3. The van der Waals surface area contributed by atoms with Crippen molar-refractivity contribution in [3.63, 3.8) is 0 Å². The van der Waals surface area contributed by atoms with E-state index in [-0.39, 0.29) is 37.3 Å². The first-order valence-electron chi connectivity index (χ1n) is 22.0. The molecule has 0 spiro atoms. The summed E-state index contributed by atoms with van der Waals surface area (Å²) < 4.78 is 22.5. The number of fused-ring (bicyclic) bond motifs is 1. The molecular formula is C46H66N10O10. The summed E-state index contributed by atoms with van der Waals surface area (Å²) in [6.45, 7) is 21.9. The molecule has 20 nitrogen and oxygen atoms in total. The molecule has 5 rings (SSSR count). The molecular weight excluding hydrogens is 853 g/mol. The van der Waals surface area contributed by atoms with E-state index in [1.165, 1.54) is 24.3 Å². The van der Waals surface area contributed by atoms with Crippen molar-refractivity contribution in [1.82, 2.24) is 31.2 Å². The van der Waals surface area contributed by atoms with Gasteiger partial charge in [0.1, 0.15) is 22.4 Å². The van der Waals surface area contributed by atoms with Gasteiger partial charge in [-0.3, -0.25) is 9.59 Å². The third-order valence-electron chi connectivity index (χ3n) is 9.70. The second-order valence-corrected chi connectivity index (χ2v) is 20.6. The fraction of sp³-hybridized carbons (Fsp3) is 0.565. The molecule has 0 radical (unpaired) electrons. The third-order valence-corrected chi connectivity index (χ3v) is 9.70. The van der Waals surface area contributed by atoms with Crippen LogP contribution in [0.4, 0.5) is 36.5 Å². The first-order chi connectivity index (χ1) is 30.5. The van der Waals surface area contributed by atoms with Crippen LogP contribution in [0, 0.1) is 0 Å². The van der Waals surface area contributed by atoms with Gasteiger partial charge in [-0.25, -0.2) is 29.1 Å². The largest absolute Gasteiger partial charge is 0.444 e. The number of piperidine rings is 2. The number of rotatable bonds is 9. The molecule has 6 amide bonds. The Balaban J connectivity index is 1.60. The van der Waals surface area contributed by atoms with E-state index < -0.39 is 82.8 Å². The summed E-state index contributed by atoms with van der Waals surface area (Å²) in [6, 6.07) is 8.70. The standard InChI is InChI=1S/C46H66N10O10/c1-43(2,3)63-39(59)49-29-19-30(50-40(60)64-44(4,5)6)23-55(22-29)36-37(54-34-21-28(17-18-33(34)53-36)48-38(58)27-15-13-26(14-16-27)35(47)57)56-24-31(51-41(61)65-45(7,8)9)20-32(25-56)52-42(62)66-46(10,11)12/h13-18,21,29-32H,19-20,22-25H2,1-12H3,(H2,47,57)(H,48,58)(H,49,59)(H,50,60)(H,51,61)(H,52,62)/t29-,30+,31-,32+. The van der Waals surface area contributed by atoms with Crippen LogP contribution in [-0.2, 0) is 18.9 Å². The number of amides is 6. The van der Waals surface area contributed by atoms with Crippen LogP contribution in [0.3, 0.4) is 0 Å². The van der Waals surface area contributed by atoms with Gasteiger partial charge in [0.15, 0.2) is 11.6 Å². The summed E-state index contributed by atoms with van der Waals surface area (Å²) >= 11 is 0. The lowest BCUT2D eigenvalue weighted by Gasteiger charge is -2.43. The number of alkyl carbamates (subject to hydrolysis) is 4. The summed E-state index contributed by atoms with van der Waals surface area (Å²) in [7, 11) is 0. The van der Waals surface area contributed by atoms with Crippen molar-refractivity contribution in [1.29, 1.82) is 0 Å². The lowest BCUT2D eigenvalue weighted by Crippen LogP contribution is -2.59. The molecule has 2 saturated heterocycles. The molecule has 3 heterocycles. The molecule has 0 unspecified atom stereocenters.